The maximum Gasteiger partial charge on any atom is -0.00161 e. The van der Waals surface area contributed by atoms with Crippen LogP contribution in [0.4, 0.5) is 0 Å². The lowest BCUT2D eigenvalue weighted by Crippen LogP contribution is -2.24. The van der Waals surface area contributed by atoms with Gasteiger partial charge in [-0.25, -0.2) is 0 Å². The Morgan fingerprint density at radius 3 is 2.75 bits per heavy atom. The summed E-state index contributed by atoms with van der Waals surface area (Å²) >= 11 is 0. The molecule has 0 N–H and O–H groups in total. The van der Waals surface area contributed by atoms with Gasteiger partial charge in [0.1, 0.15) is 0 Å². The van der Waals surface area contributed by atoms with Crippen molar-refractivity contribution in [2.45, 2.75) is 52.4 Å². The van der Waals surface area contributed by atoms with Gasteiger partial charge in [0.15, 0.2) is 0 Å². The lowest BCUT2D eigenvalue weighted by atomic mass is 9.80. The first-order chi connectivity index (χ1) is 7.75. The molecule has 2 aliphatic rings. The second-order valence-corrected chi connectivity index (χ2v) is 5.90. The monoisotopic (exact) mass is 221 g/mol. The molecule has 2 unspecified atom stereocenters. The quantitative estimate of drug-likeness (QED) is 0.652. The van der Waals surface area contributed by atoms with Crippen LogP contribution in [-0.2, 0) is 0 Å². The van der Waals surface area contributed by atoms with E-state index in [4.69, 9.17) is 0 Å². The fourth-order valence-electron chi connectivity index (χ4n) is 3.13. The van der Waals surface area contributed by atoms with Gasteiger partial charge >= 0.3 is 0 Å². The van der Waals surface area contributed by atoms with Crippen LogP contribution in [0.25, 0.3) is 0 Å². The van der Waals surface area contributed by atoms with Crippen molar-refractivity contribution in [3.8, 4) is 0 Å². The first kappa shape index (κ1) is 12.2. The van der Waals surface area contributed by atoms with Crippen LogP contribution in [0.3, 0.4) is 0 Å². The van der Waals surface area contributed by atoms with E-state index in [1.807, 2.05) is 0 Å². The van der Waals surface area contributed by atoms with E-state index in [-0.39, 0.29) is 0 Å². The Balaban J connectivity index is 1.69. The van der Waals surface area contributed by atoms with Gasteiger partial charge < -0.3 is 4.90 Å². The smallest absolute Gasteiger partial charge is 0.00161 e. The van der Waals surface area contributed by atoms with E-state index in [0.29, 0.717) is 0 Å². The van der Waals surface area contributed by atoms with Crippen LogP contribution in [0.5, 0.6) is 0 Å². The van der Waals surface area contributed by atoms with Crippen LogP contribution < -0.4 is 0 Å². The minimum Gasteiger partial charge on any atom is -0.303 e. The van der Waals surface area contributed by atoms with E-state index in [0.717, 1.165) is 11.8 Å². The zero-order valence-electron chi connectivity index (χ0n) is 11.0. The molecule has 1 aliphatic heterocycles. The van der Waals surface area contributed by atoms with Gasteiger partial charge in [0.05, 0.1) is 0 Å². The summed E-state index contributed by atoms with van der Waals surface area (Å²) in [4.78, 5) is 2.65. The SMILES string of the molecule is CC1=CCC(C(C)CCN2CCCC2)CC1. The highest BCUT2D eigenvalue weighted by Crippen LogP contribution is 2.31. The maximum atomic E-state index is 2.65. The molecule has 1 heterocycles. The van der Waals surface area contributed by atoms with Gasteiger partial charge in [0.2, 0.25) is 0 Å². The number of allylic oxidation sites excluding steroid dienone is 2. The molecule has 92 valence electrons. The van der Waals surface area contributed by atoms with Crippen molar-refractivity contribution in [3.63, 3.8) is 0 Å². The number of likely N-dealkylation sites (tertiary alicyclic amines) is 1. The van der Waals surface area contributed by atoms with Crippen molar-refractivity contribution in [2.75, 3.05) is 19.6 Å². The predicted octanol–water partition coefficient (Wildman–Crippen LogP) is 3.85. The summed E-state index contributed by atoms with van der Waals surface area (Å²) in [6.07, 6.45) is 10.9. The Labute approximate surface area is 101 Å². The Bertz CT molecular complexity index is 238. The van der Waals surface area contributed by atoms with Gasteiger partial charge in [-0.1, -0.05) is 18.6 Å². The lowest BCUT2D eigenvalue weighted by Gasteiger charge is -2.28. The molecule has 1 nitrogen and oxygen atoms in total. The summed E-state index contributed by atoms with van der Waals surface area (Å²) in [5.74, 6) is 1.89. The average molecular weight is 221 g/mol. The molecular formula is C15H27N. The molecule has 0 aromatic heterocycles. The van der Waals surface area contributed by atoms with Crippen molar-refractivity contribution in [1.29, 1.82) is 0 Å². The van der Waals surface area contributed by atoms with Crippen molar-refractivity contribution < 1.29 is 0 Å². The van der Waals surface area contributed by atoms with Crippen molar-refractivity contribution >= 4 is 0 Å². The number of hydrogen-bond donors (Lipinski definition) is 0. The summed E-state index contributed by atoms with van der Waals surface area (Å²) in [7, 11) is 0. The highest BCUT2D eigenvalue weighted by Gasteiger charge is 2.20. The van der Waals surface area contributed by atoms with Crippen LogP contribution in [0.15, 0.2) is 11.6 Å². The summed E-state index contributed by atoms with van der Waals surface area (Å²) < 4.78 is 0. The third-order valence-corrected chi connectivity index (χ3v) is 4.58. The van der Waals surface area contributed by atoms with Gasteiger partial charge in [-0.2, -0.15) is 0 Å². The molecule has 0 bridgehead atoms. The standard InChI is InChI=1S/C15H27N/c1-13-5-7-15(8-6-13)14(2)9-12-16-10-3-4-11-16/h5,14-15H,3-4,6-12H2,1-2H3. The number of rotatable bonds is 4. The van der Waals surface area contributed by atoms with Gasteiger partial charge in [-0.05, 0) is 76.9 Å². The topological polar surface area (TPSA) is 3.24 Å². The highest BCUT2D eigenvalue weighted by molar-refractivity contribution is 5.03. The zero-order chi connectivity index (χ0) is 11.4. The molecule has 0 aromatic rings. The van der Waals surface area contributed by atoms with Gasteiger partial charge in [-0.15, -0.1) is 0 Å². The summed E-state index contributed by atoms with van der Waals surface area (Å²) in [5, 5.41) is 0. The molecule has 1 saturated heterocycles. The first-order valence-electron chi connectivity index (χ1n) is 7.13. The van der Waals surface area contributed by atoms with E-state index in [1.165, 1.54) is 58.2 Å². The zero-order valence-corrected chi connectivity index (χ0v) is 11.0. The molecular weight excluding hydrogens is 194 g/mol. The minimum atomic E-state index is 0.921. The van der Waals surface area contributed by atoms with Gasteiger partial charge in [0.25, 0.3) is 0 Å². The minimum absolute atomic E-state index is 0.921. The molecule has 0 saturated carbocycles. The van der Waals surface area contributed by atoms with Crippen LogP contribution >= 0.6 is 0 Å². The van der Waals surface area contributed by atoms with E-state index in [9.17, 15) is 0 Å². The third kappa shape index (κ3) is 3.35. The maximum absolute atomic E-state index is 2.65. The van der Waals surface area contributed by atoms with Crippen LogP contribution in [0.1, 0.15) is 52.4 Å². The predicted molar refractivity (Wildman–Crippen MR) is 70.6 cm³/mol. The van der Waals surface area contributed by atoms with E-state index >= 15 is 0 Å². The van der Waals surface area contributed by atoms with E-state index in [2.05, 4.69) is 24.8 Å². The van der Waals surface area contributed by atoms with Crippen molar-refractivity contribution in [3.05, 3.63) is 11.6 Å². The largest absolute Gasteiger partial charge is 0.303 e. The second kappa shape index (κ2) is 5.86. The van der Waals surface area contributed by atoms with E-state index < -0.39 is 0 Å². The van der Waals surface area contributed by atoms with Crippen LogP contribution in [0, 0.1) is 11.8 Å². The number of hydrogen-bond acceptors (Lipinski definition) is 1. The van der Waals surface area contributed by atoms with Gasteiger partial charge in [0, 0.05) is 0 Å². The molecule has 2 atom stereocenters. The Kier molecular flexibility index (Phi) is 4.45. The molecule has 0 aromatic carbocycles. The molecule has 16 heavy (non-hydrogen) atoms. The molecule has 0 spiro atoms. The Hall–Kier alpha value is -0.300. The normalized spacial score (nSPS) is 29.1. The Morgan fingerprint density at radius 1 is 1.38 bits per heavy atom. The molecule has 1 aliphatic carbocycles. The summed E-state index contributed by atoms with van der Waals surface area (Å²) in [6, 6.07) is 0. The Morgan fingerprint density at radius 2 is 2.12 bits per heavy atom. The van der Waals surface area contributed by atoms with Gasteiger partial charge in [-0.3, -0.25) is 0 Å². The molecule has 1 heteroatoms. The average Bonchev–Trinajstić information content (AvgIpc) is 2.80. The first-order valence-corrected chi connectivity index (χ1v) is 7.13. The molecule has 0 amide bonds. The fourth-order valence-corrected chi connectivity index (χ4v) is 3.13. The summed E-state index contributed by atoms with van der Waals surface area (Å²) in [6.45, 7) is 8.81. The highest BCUT2D eigenvalue weighted by atomic mass is 15.1. The number of nitrogens with zero attached hydrogens (tertiary/aromatic N) is 1. The molecule has 2 rings (SSSR count). The van der Waals surface area contributed by atoms with Crippen molar-refractivity contribution in [1.82, 2.24) is 4.90 Å². The molecule has 0 radical (unpaired) electrons. The second-order valence-electron chi connectivity index (χ2n) is 5.90. The lowest BCUT2D eigenvalue weighted by molar-refractivity contribution is 0.253. The van der Waals surface area contributed by atoms with Crippen LogP contribution in [-0.4, -0.2) is 24.5 Å². The van der Waals surface area contributed by atoms with E-state index in [1.54, 1.807) is 5.57 Å². The van der Waals surface area contributed by atoms with Crippen molar-refractivity contribution in [2.24, 2.45) is 11.8 Å². The third-order valence-electron chi connectivity index (χ3n) is 4.58. The fraction of sp³-hybridized carbons (Fsp3) is 0.867. The van der Waals surface area contributed by atoms with Crippen LogP contribution in [0.2, 0.25) is 0 Å². The molecule has 1 fully saturated rings. The summed E-state index contributed by atoms with van der Waals surface area (Å²) in [5.41, 5.74) is 1.61.